The first-order valence-corrected chi connectivity index (χ1v) is 5.57. The van der Waals surface area contributed by atoms with Crippen LogP contribution in [0.1, 0.15) is 5.69 Å². The maximum atomic E-state index is 13.0. The molecule has 0 aliphatic heterocycles. The van der Waals surface area contributed by atoms with Crippen LogP contribution >= 0.6 is 15.9 Å². The van der Waals surface area contributed by atoms with Crippen molar-refractivity contribution < 1.29 is 4.39 Å². The number of halogens is 2. The number of pyridine rings is 1. The van der Waals surface area contributed by atoms with Crippen LogP contribution in [-0.4, -0.2) is 4.98 Å². The predicted octanol–water partition coefficient (Wildman–Crippen LogP) is 3.60. The molecule has 0 aliphatic rings. The quantitative estimate of drug-likeness (QED) is 0.920. The molecule has 2 aromatic rings. The molecule has 5 heteroatoms. The zero-order valence-corrected chi connectivity index (χ0v) is 10.2. The van der Waals surface area contributed by atoms with E-state index >= 15 is 0 Å². The molecule has 0 fully saturated rings. The van der Waals surface area contributed by atoms with Crippen molar-refractivity contribution in [2.24, 2.45) is 0 Å². The molecular formula is C12H7BrFN3. The second-order valence-electron chi connectivity index (χ2n) is 3.27. The first-order chi connectivity index (χ1) is 8.19. The van der Waals surface area contributed by atoms with Crippen molar-refractivity contribution in [2.45, 2.75) is 0 Å². The van der Waals surface area contributed by atoms with E-state index in [-0.39, 0.29) is 5.82 Å². The van der Waals surface area contributed by atoms with Crippen molar-refractivity contribution in [2.75, 3.05) is 5.32 Å². The average Bonchev–Trinajstić information content (AvgIpc) is 2.34. The van der Waals surface area contributed by atoms with Gasteiger partial charge in [0.25, 0.3) is 0 Å². The summed E-state index contributed by atoms with van der Waals surface area (Å²) < 4.78 is 13.4. The molecule has 0 amide bonds. The molecule has 1 heterocycles. The summed E-state index contributed by atoms with van der Waals surface area (Å²) in [5.41, 5.74) is 1.03. The van der Waals surface area contributed by atoms with E-state index in [0.29, 0.717) is 21.7 Å². The van der Waals surface area contributed by atoms with E-state index in [2.05, 4.69) is 26.2 Å². The van der Waals surface area contributed by atoms with Crippen molar-refractivity contribution in [3.63, 3.8) is 0 Å². The van der Waals surface area contributed by atoms with Gasteiger partial charge in [0.05, 0.1) is 4.47 Å². The van der Waals surface area contributed by atoms with E-state index in [4.69, 9.17) is 5.26 Å². The van der Waals surface area contributed by atoms with Gasteiger partial charge in [-0.15, -0.1) is 0 Å². The minimum absolute atomic E-state index is 0.325. The third-order valence-electron chi connectivity index (χ3n) is 2.06. The van der Waals surface area contributed by atoms with Crippen LogP contribution in [0, 0.1) is 17.1 Å². The molecule has 17 heavy (non-hydrogen) atoms. The van der Waals surface area contributed by atoms with Gasteiger partial charge < -0.3 is 5.32 Å². The second-order valence-corrected chi connectivity index (χ2v) is 4.13. The molecule has 0 unspecified atom stereocenters. The molecule has 0 saturated carbocycles. The van der Waals surface area contributed by atoms with Gasteiger partial charge in [0.1, 0.15) is 23.4 Å². The van der Waals surface area contributed by atoms with Gasteiger partial charge in [-0.3, -0.25) is 0 Å². The number of hydrogen-bond donors (Lipinski definition) is 1. The highest BCUT2D eigenvalue weighted by atomic mass is 79.9. The van der Waals surface area contributed by atoms with Crippen LogP contribution in [0.2, 0.25) is 0 Å². The molecule has 0 bridgehead atoms. The molecule has 0 radical (unpaired) electrons. The van der Waals surface area contributed by atoms with E-state index in [0.717, 1.165) is 0 Å². The van der Waals surface area contributed by atoms with E-state index < -0.39 is 0 Å². The molecule has 1 aromatic carbocycles. The van der Waals surface area contributed by atoms with Crippen LogP contribution in [0.15, 0.2) is 40.9 Å². The van der Waals surface area contributed by atoms with Crippen molar-refractivity contribution in [1.29, 1.82) is 5.26 Å². The van der Waals surface area contributed by atoms with E-state index in [1.54, 1.807) is 30.3 Å². The van der Waals surface area contributed by atoms with Crippen molar-refractivity contribution in [3.8, 4) is 6.07 Å². The minimum atomic E-state index is -0.325. The van der Waals surface area contributed by atoms with Gasteiger partial charge in [0.15, 0.2) is 0 Å². The number of hydrogen-bond acceptors (Lipinski definition) is 3. The van der Waals surface area contributed by atoms with Gasteiger partial charge in [-0.05, 0) is 46.3 Å². The van der Waals surface area contributed by atoms with Crippen LogP contribution in [-0.2, 0) is 0 Å². The highest BCUT2D eigenvalue weighted by Crippen LogP contribution is 2.22. The monoisotopic (exact) mass is 291 g/mol. The largest absolute Gasteiger partial charge is 0.340 e. The Kier molecular flexibility index (Phi) is 3.35. The summed E-state index contributed by atoms with van der Waals surface area (Å²) in [4.78, 5) is 4.06. The topological polar surface area (TPSA) is 48.7 Å². The molecule has 0 atom stereocenters. The van der Waals surface area contributed by atoms with Gasteiger partial charge in [0.2, 0.25) is 0 Å². The lowest BCUT2D eigenvalue weighted by atomic mass is 10.3. The Bertz CT molecular complexity index is 593. The minimum Gasteiger partial charge on any atom is -0.340 e. The summed E-state index contributed by atoms with van der Waals surface area (Å²) >= 11 is 3.10. The SMILES string of the molecule is N#Cc1cccc(Nc2ccc(F)c(Br)c2)n1. The lowest BCUT2D eigenvalue weighted by molar-refractivity contribution is 0.621. The fraction of sp³-hybridized carbons (Fsp3) is 0. The third kappa shape index (κ3) is 2.80. The summed E-state index contributed by atoms with van der Waals surface area (Å²) in [7, 11) is 0. The zero-order valence-electron chi connectivity index (χ0n) is 8.61. The molecule has 0 saturated heterocycles. The molecule has 0 aliphatic carbocycles. The van der Waals surface area contributed by atoms with Gasteiger partial charge in [0, 0.05) is 5.69 Å². The van der Waals surface area contributed by atoms with Gasteiger partial charge in [-0.25, -0.2) is 9.37 Å². The Labute approximate surface area is 106 Å². The van der Waals surface area contributed by atoms with E-state index in [9.17, 15) is 4.39 Å². The standard InChI is InChI=1S/C12H7BrFN3/c13-10-6-8(4-5-11(10)14)16-12-3-1-2-9(7-15)17-12/h1-6H,(H,16,17). The maximum absolute atomic E-state index is 13.0. The lowest BCUT2D eigenvalue weighted by Crippen LogP contribution is -1.95. The Morgan fingerprint density at radius 2 is 2.12 bits per heavy atom. The summed E-state index contributed by atoms with van der Waals surface area (Å²) in [5.74, 6) is 0.219. The lowest BCUT2D eigenvalue weighted by Gasteiger charge is -2.06. The smallest absolute Gasteiger partial charge is 0.142 e. The van der Waals surface area contributed by atoms with Crippen molar-refractivity contribution in [1.82, 2.24) is 4.98 Å². The number of anilines is 2. The van der Waals surface area contributed by atoms with Crippen LogP contribution in [0.25, 0.3) is 0 Å². The van der Waals surface area contributed by atoms with Gasteiger partial charge in [-0.2, -0.15) is 5.26 Å². The normalized spacial score (nSPS) is 9.71. The Morgan fingerprint density at radius 1 is 1.29 bits per heavy atom. The number of aromatic nitrogens is 1. The first kappa shape index (κ1) is 11.6. The van der Waals surface area contributed by atoms with Crippen molar-refractivity contribution in [3.05, 3.63) is 52.4 Å². The Hall–Kier alpha value is -1.93. The number of benzene rings is 1. The second kappa shape index (κ2) is 4.93. The number of nitrogens with one attached hydrogen (secondary N) is 1. The van der Waals surface area contributed by atoms with E-state index in [1.165, 1.54) is 6.07 Å². The fourth-order valence-electron chi connectivity index (χ4n) is 1.29. The maximum Gasteiger partial charge on any atom is 0.142 e. The molecule has 0 spiro atoms. The summed E-state index contributed by atoms with van der Waals surface area (Å²) in [6.45, 7) is 0. The highest BCUT2D eigenvalue weighted by Gasteiger charge is 2.02. The van der Waals surface area contributed by atoms with Crippen LogP contribution < -0.4 is 5.32 Å². The highest BCUT2D eigenvalue weighted by molar-refractivity contribution is 9.10. The zero-order chi connectivity index (χ0) is 12.3. The Balaban J connectivity index is 2.25. The van der Waals surface area contributed by atoms with Crippen molar-refractivity contribution >= 4 is 27.4 Å². The molecule has 3 nitrogen and oxygen atoms in total. The van der Waals surface area contributed by atoms with Gasteiger partial charge in [-0.1, -0.05) is 6.07 Å². The number of nitriles is 1. The summed E-state index contributed by atoms with van der Waals surface area (Å²) in [5, 5.41) is 11.7. The van der Waals surface area contributed by atoms with Gasteiger partial charge >= 0.3 is 0 Å². The Morgan fingerprint density at radius 3 is 2.82 bits per heavy atom. The van der Waals surface area contributed by atoms with E-state index in [1.807, 2.05) is 6.07 Å². The fourth-order valence-corrected chi connectivity index (χ4v) is 1.67. The van der Waals surface area contributed by atoms with Crippen LogP contribution in [0.5, 0.6) is 0 Å². The molecule has 1 aromatic heterocycles. The van der Waals surface area contributed by atoms with Crippen LogP contribution in [0.4, 0.5) is 15.9 Å². The van der Waals surface area contributed by atoms with Crippen LogP contribution in [0.3, 0.4) is 0 Å². The molecule has 84 valence electrons. The average molecular weight is 292 g/mol. The number of rotatable bonds is 2. The first-order valence-electron chi connectivity index (χ1n) is 4.78. The third-order valence-corrected chi connectivity index (χ3v) is 2.66. The number of nitrogens with zero attached hydrogens (tertiary/aromatic N) is 2. The molecular weight excluding hydrogens is 285 g/mol. The molecule has 1 N–H and O–H groups in total. The predicted molar refractivity (Wildman–Crippen MR) is 66.3 cm³/mol. The summed E-state index contributed by atoms with van der Waals surface area (Å²) in [6, 6.07) is 11.6. The molecule has 2 rings (SSSR count). The summed E-state index contributed by atoms with van der Waals surface area (Å²) in [6.07, 6.45) is 0.